The van der Waals surface area contributed by atoms with E-state index in [1.165, 1.54) is 0 Å². The lowest BCUT2D eigenvalue weighted by atomic mass is 10.3. The Balaban J connectivity index is 2.34. The van der Waals surface area contributed by atoms with Crippen LogP contribution in [0.5, 0.6) is 0 Å². The molecule has 0 spiro atoms. The highest BCUT2D eigenvalue weighted by molar-refractivity contribution is 5.74. The standard InChI is InChI=1S/C11H14N2O2/c1-2-13(7-8-14)11-12-9-5-3-4-6-10(9)15-11/h3-6,14H,2,7-8H2,1H3. The van der Waals surface area contributed by atoms with E-state index >= 15 is 0 Å². The van der Waals surface area contributed by atoms with Crippen molar-refractivity contribution < 1.29 is 9.52 Å². The summed E-state index contributed by atoms with van der Waals surface area (Å²) in [6, 6.07) is 8.22. The number of hydrogen-bond donors (Lipinski definition) is 1. The molecule has 1 aromatic carbocycles. The van der Waals surface area contributed by atoms with E-state index < -0.39 is 0 Å². The molecule has 80 valence electrons. The number of anilines is 1. The monoisotopic (exact) mass is 206 g/mol. The highest BCUT2D eigenvalue weighted by Crippen LogP contribution is 2.20. The molecule has 0 bridgehead atoms. The Morgan fingerprint density at radius 2 is 2.20 bits per heavy atom. The third kappa shape index (κ3) is 1.94. The lowest BCUT2D eigenvalue weighted by Gasteiger charge is -2.16. The smallest absolute Gasteiger partial charge is 0.298 e. The number of fused-ring (bicyclic) bond motifs is 1. The van der Waals surface area contributed by atoms with E-state index in [4.69, 9.17) is 9.52 Å². The first-order valence-corrected chi connectivity index (χ1v) is 5.06. The lowest BCUT2D eigenvalue weighted by Crippen LogP contribution is -2.26. The van der Waals surface area contributed by atoms with Crippen molar-refractivity contribution in [2.45, 2.75) is 6.92 Å². The minimum absolute atomic E-state index is 0.104. The molecule has 0 aliphatic rings. The van der Waals surface area contributed by atoms with E-state index in [0.29, 0.717) is 12.6 Å². The lowest BCUT2D eigenvalue weighted by molar-refractivity contribution is 0.299. The minimum Gasteiger partial charge on any atom is -0.423 e. The Hall–Kier alpha value is -1.55. The van der Waals surface area contributed by atoms with E-state index in [-0.39, 0.29) is 6.61 Å². The van der Waals surface area contributed by atoms with Crippen molar-refractivity contribution in [1.82, 2.24) is 4.98 Å². The zero-order valence-electron chi connectivity index (χ0n) is 8.68. The summed E-state index contributed by atoms with van der Waals surface area (Å²) in [7, 11) is 0. The van der Waals surface area contributed by atoms with Crippen LogP contribution in [0, 0.1) is 0 Å². The molecule has 0 aliphatic carbocycles. The van der Waals surface area contributed by atoms with Crippen LogP contribution in [-0.2, 0) is 0 Å². The molecule has 4 heteroatoms. The number of likely N-dealkylation sites (N-methyl/N-ethyl adjacent to an activating group) is 1. The molecule has 2 aromatic rings. The van der Waals surface area contributed by atoms with Crippen LogP contribution in [0.2, 0.25) is 0 Å². The summed E-state index contributed by atoms with van der Waals surface area (Å²) in [6.07, 6.45) is 0. The van der Waals surface area contributed by atoms with Crippen LogP contribution in [-0.4, -0.2) is 29.8 Å². The van der Waals surface area contributed by atoms with Gasteiger partial charge in [0.25, 0.3) is 6.01 Å². The predicted octanol–water partition coefficient (Wildman–Crippen LogP) is 1.65. The molecule has 2 rings (SSSR count). The Kier molecular flexibility index (Phi) is 2.87. The van der Waals surface area contributed by atoms with Gasteiger partial charge in [-0.25, -0.2) is 0 Å². The second-order valence-corrected chi connectivity index (χ2v) is 3.27. The summed E-state index contributed by atoms with van der Waals surface area (Å²) < 4.78 is 5.58. The number of hydrogen-bond acceptors (Lipinski definition) is 4. The topological polar surface area (TPSA) is 49.5 Å². The van der Waals surface area contributed by atoms with Gasteiger partial charge >= 0.3 is 0 Å². The van der Waals surface area contributed by atoms with Crippen LogP contribution in [0.25, 0.3) is 11.1 Å². The molecular formula is C11H14N2O2. The number of aliphatic hydroxyl groups is 1. The van der Waals surface area contributed by atoms with E-state index in [1.807, 2.05) is 36.1 Å². The van der Waals surface area contributed by atoms with Crippen molar-refractivity contribution in [2.24, 2.45) is 0 Å². The third-order valence-electron chi connectivity index (χ3n) is 2.30. The van der Waals surface area contributed by atoms with Crippen molar-refractivity contribution in [3.63, 3.8) is 0 Å². The highest BCUT2D eigenvalue weighted by Gasteiger charge is 2.10. The molecule has 15 heavy (non-hydrogen) atoms. The molecule has 0 radical (unpaired) electrons. The quantitative estimate of drug-likeness (QED) is 0.826. The Bertz CT molecular complexity index is 406. The van der Waals surface area contributed by atoms with Gasteiger partial charge in [-0.2, -0.15) is 4.98 Å². The molecule has 0 saturated heterocycles. The van der Waals surface area contributed by atoms with Gasteiger partial charge < -0.3 is 14.4 Å². The molecular weight excluding hydrogens is 192 g/mol. The van der Waals surface area contributed by atoms with E-state index in [0.717, 1.165) is 17.6 Å². The van der Waals surface area contributed by atoms with E-state index in [9.17, 15) is 0 Å². The average molecular weight is 206 g/mol. The molecule has 0 atom stereocenters. The zero-order chi connectivity index (χ0) is 10.7. The number of aliphatic hydroxyl groups excluding tert-OH is 1. The second-order valence-electron chi connectivity index (χ2n) is 3.27. The van der Waals surface area contributed by atoms with Crippen LogP contribution in [0.1, 0.15) is 6.92 Å². The molecule has 0 unspecified atom stereocenters. The molecule has 0 aliphatic heterocycles. The maximum Gasteiger partial charge on any atom is 0.298 e. The van der Waals surface area contributed by atoms with Crippen LogP contribution in [0.4, 0.5) is 6.01 Å². The molecule has 0 saturated carbocycles. The van der Waals surface area contributed by atoms with Crippen molar-refractivity contribution in [3.8, 4) is 0 Å². The van der Waals surface area contributed by atoms with Gasteiger partial charge in [-0.1, -0.05) is 12.1 Å². The summed E-state index contributed by atoms with van der Waals surface area (Å²) in [5.41, 5.74) is 1.63. The number of para-hydroxylation sites is 2. The van der Waals surface area contributed by atoms with Gasteiger partial charge in [-0.15, -0.1) is 0 Å². The van der Waals surface area contributed by atoms with E-state index in [1.54, 1.807) is 0 Å². The molecule has 0 amide bonds. The van der Waals surface area contributed by atoms with Gasteiger partial charge in [0.05, 0.1) is 6.61 Å². The fourth-order valence-corrected chi connectivity index (χ4v) is 1.51. The number of oxazole rings is 1. The minimum atomic E-state index is 0.104. The van der Waals surface area contributed by atoms with Gasteiger partial charge in [0.15, 0.2) is 5.58 Å². The van der Waals surface area contributed by atoms with E-state index in [2.05, 4.69) is 4.98 Å². The van der Waals surface area contributed by atoms with Crippen LogP contribution < -0.4 is 4.90 Å². The van der Waals surface area contributed by atoms with Crippen LogP contribution in [0.3, 0.4) is 0 Å². The zero-order valence-corrected chi connectivity index (χ0v) is 8.68. The van der Waals surface area contributed by atoms with Crippen molar-refractivity contribution in [1.29, 1.82) is 0 Å². The highest BCUT2D eigenvalue weighted by atomic mass is 16.4. The van der Waals surface area contributed by atoms with Gasteiger partial charge in [-0.05, 0) is 19.1 Å². The summed E-state index contributed by atoms with van der Waals surface area (Å²) in [5.74, 6) is 0. The number of aromatic nitrogens is 1. The molecule has 1 heterocycles. The maximum absolute atomic E-state index is 8.89. The van der Waals surface area contributed by atoms with Gasteiger partial charge in [0, 0.05) is 13.1 Å². The normalized spacial score (nSPS) is 10.8. The predicted molar refractivity (Wildman–Crippen MR) is 59.0 cm³/mol. The number of nitrogens with zero attached hydrogens (tertiary/aromatic N) is 2. The average Bonchev–Trinajstić information content (AvgIpc) is 2.69. The Morgan fingerprint density at radius 3 is 2.87 bits per heavy atom. The maximum atomic E-state index is 8.89. The first-order chi connectivity index (χ1) is 7.35. The van der Waals surface area contributed by atoms with Crippen molar-refractivity contribution in [3.05, 3.63) is 24.3 Å². The largest absolute Gasteiger partial charge is 0.423 e. The van der Waals surface area contributed by atoms with Crippen molar-refractivity contribution in [2.75, 3.05) is 24.6 Å². The first kappa shape index (κ1) is 9.98. The first-order valence-electron chi connectivity index (χ1n) is 5.06. The summed E-state index contributed by atoms with van der Waals surface area (Å²) in [4.78, 5) is 6.25. The summed E-state index contributed by atoms with van der Waals surface area (Å²) >= 11 is 0. The Morgan fingerprint density at radius 1 is 1.40 bits per heavy atom. The molecule has 0 fully saturated rings. The molecule has 1 aromatic heterocycles. The Labute approximate surface area is 88.1 Å². The molecule has 1 N–H and O–H groups in total. The van der Waals surface area contributed by atoms with Gasteiger partial charge in [-0.3, -0.25) is 0 Å². The van der Waals surface area contributed by atoms with Crippen LogP contribution >= 0.6 is 0 Å². The molecule has 4 nitrogen and oxygen atoms in total. The van der Waals surface area contributed by atoms with Gasteiger partial charge in [0.1, 0.15) is 5.52 Å². The summed E-state index contributed by atoms with van der Waals surface area (Å²) in [5, 5.41) is 8.89. The fraction of sp³-hybridized carbons (Fsp3) is 0.364. The number of benzene rings is 1. The second kappa shape index (κ2) is 4.31. The van der Waals surface area contributed by atoms with Crippen molar-refractivity contribution >= 4 is 17.1 Å². The van der Waals surface area contributed by atoms with Gasteiger partial charge in [0.2, 0.25) is 0 Å². The SMILES string of the molecule is CCN(CCO)c1nc2ccccc2o1. The van der Waals surface area contributed by atoms with Crippen LogP contribution in [0.15, 0.2) is 28.7 Å². The summed E-state index contributed by atoms with van der Waals surface area (Å²) in [6.45, 7) is 3.42. The fourth-order valence-electron chi connectivity index (χ4n) is 1.51. The number of rotatable bonds is 4. The third-order valence-corrected chi connectivity index (χ3v) is 2.30.